The van der Waals surface area contributed by atoms with Gasteiger partial charge in [-0.15, -0.1) is 11.7 Å². The predicted octanol–water partition coefficient (Wildman–Crippen LogP) is 20.4. The molecule has 7 aromatic carbocycles. The standard InChI is InChI=1S/C15H22.2C12H14N2O.C12H13NO2.C12H18.C11H13ClO2.C11H13N3O.C10H15NO/c1-6-7-14-9-12(4)15(8-11(2)3)13(5)10-14;1-9(2)8-14-12(15)11-6-4-3-5-10(11)7-13-14;1-9(2)7-14-8-13-11-6-4-3-5-10(11)12(14)15;1-8(2)7-13-11(14)9-5-3-4-6-10(9)12(13)15;1-9(2)7-12-6-5-10(3)8-11(12)4;1-7(2)3-8-4-10-11(5-9(8)12)14-6-13-10;1-8(2)7-14-11(15)9-5-3-4-6-10(9)12-13-14;1-7(2)6-11-9(4)5-8(3)10(11)12/h6,9-11H,1,7-8H2,2-5H3;3-7,9H,8H2,1-2H3;3-6,8-9H,7H2,1-2H3;3-6,8H,7H2,1-2H3;5-6,8-9H,7H2,1-4H3;4-5,7H,3,6H2,1-2H3;3-6,8H,7H2,1-2H3;5,7H,4,6H2,1-3H3. The zero-order valence-corrected chi connectivity index (χ0v) is 71.6. The molecule has 113 heavy (non-hydrogen) atoms. The quantitative estimate of drug-likeness (QED) is 0.0584. The molecule has 18 heteroatoms. The van der Waals surface area contributed by atoms with Crippen LogP contribution in [0.2, 0.25) is 5.02 Å². The number of allylic oxidation sites excluding steroid dienone is 2. The van der Waals surface area contributed by atoms with Gasteiger partial charge in [-0.25, -0.2) is 14.3 Å². The fourth-order valence-electron chi connectivity index (χ4n) is 13.0. The fraction of sp³-hybridized carbons (Fsp3) is 0.411. The van der Waals surface area contributed by atoms with Crippen LogP contribution >= 0.6 is 11.6 Å². The second kappa shape index (κ2) is 44.2. The highest BCUT2D eigenvalue weighted by molar-refractivity contribution is 6.31. The maximum absolute atomic E-state index is 12.0. The Labute approximate surface area is 675 Å². The number of aryl methyl sites for hydroxylation is 4. The third kappa shape index (κ3) is 27.7. The number of hydrogen-bond acceptors (Lipinski definition) is 12. The molecular formula is C95H122ClN9O8. The zero-order valence-electron chi connectivity index (χ0n) is 70.9. The molecular weight excluding hydrogens is 1430 g/mol. The van der Waals surface area contributed by atoms with E-state index >= 15 is 0 Å². The van der Waals surface area contributed by atoms with E-state index in [1.807, 2.05) is 120 Å². The molecule has 13 rings (SSSR count). The van der Waals surface area contributed by atoms with Gasteiger partial charge in [0.05, 0.1) is 45.3 Å². The third-order valence-corrected chi connectivity index (χ3v) is 18.4. The van der Waals surface area contributed by atoms with Gasteiger partial charge in [-0.3, -0.25) is 38.2 Å². The first kappa shape index (κ1) is 91.5. The van der Waals surface area contributed by atoms with Gasteiger partial charge in [0.15, 0.2) is 11.5 Å². The number of imide groups is 1. The number of carbonyl (C=O) groups excluding carboxylic acids is 3. The Morgan fingerprint density at radius 2 is 0.965 bits per heavy atom. The van der Waals surface area contributed by atoms with Gasteiger partial charge in [0.25, 0.3) is 34.4 Å². The van der Waals surface area contributed by atoms with Crippen LogP contribution in [0.15, 0.2) is 203 Å². The molecule has 0 spiro atoms. The zero-order chi connectivity index (χ0) is 83.5. The number of para-hydroxylation sites is 1. The third-order valence-electron chi connectivity index (χ3n) is 18.1. The molecule has 0 saturated heterocycles. The van der Waals surface area contributed by atoms with Crippen molar-refractivity contribution >= 4 is 61.9 Å². The Balaban J connectivity index is 0.000000201. The Hall–Kier alpha value is -10.4. The van der Waals surface area contributed by atoms with Crippen molar-refractivity contribution in [3.05, 3.63) is 280 Å². The summed E-state index contributed by atoms with van der Waals surface area (Å²) in [4.78, 5) is 78.3. The summed E-state index contributed by atoms with van der Waals surface area (Å²) in [6.07, 6.45) is 11.5. The van der Waals surface area contributed by atoms with Crippen molar-refractivity contribution in [1.82, 2.24) is 44.1 Å². The Morgan fingerprint density at radius 3 is 1.50 bits per heavy atom. The summed E-state index contributed by atoms with van der Waals surface area (Å²) in [6.45, 7) is 55.8. The molecule has 0 saturated carbocycles. The van der Waals surface area contributed by atoms with Gasteiger partial charge in [0, 0.05) is 60.5 Å². The molecule has 0 unspecified atom stereocenters. The molecule has 3 aliphatic rings. The van der Waals surface area contributed by atoms with Gasteiger partial charge in [0.1, 0.15) is 5.52 Å². The van der Waals surface area contributed by atoms with Crippen LogP contribution in [-0.2, 0) is 50.1 Å². The van der Waals surface area contributed by atoms with Crippen molar-refractivity contribution in [3.63, 3.8) is 0 Å². The van der Waals surface area contributed by atoms with Crippen molar-refractivity contribution in [3.8, 4) is 11.5 Å². The van der Waals surface area contributed by atoms with Crippen molar-refractivity contribution in [1.29, 1.82) is 0 Å². The van der Waals surface area contributed by atoms with Crippen LogP contribution < -0.4 is 26.2 Å². The number of halogens is 1. The molecule has 0 aliphatic carbocycles. The molecule has 17 nitrogen and oxygen atoms in total. The summed E-state index contributed by atoms with van der Waals surface area (Å²) >= 11 is 6.12. The SMILES string of the molecule is C=C1C=C(C)C(=O)N1CC(C)C.C=CCc1cc(C)c(CC(C)C)c(C)c1.CC(C)CN1C(=O)c2ccccc2C1=O.CC(C)Cc1cc2c(cc1Cl)OCO2.CC(C)Cn1cnc2ccccc2c1=O.CC(C)Cn1ncc2ccccc2c1=O.CC(C)Cn1nnc2ccccc2c1=O.Cc1ccc(CC(C)C)c(C)c1. The van der Waals surface area contributed by atoms with Crippen LogP contribution in [0.25, 0.3) is 32.6 Å². The molecule has 0 fully saturated rings. The van der Waals surface area contributed by atoms with Crippen molar-refractivity contribution in [2.75, 3.05) is 19.9 Å². The first-order valence-corrected chi connectivity index (χ1v) is 40.1. The van der Waals surface area contributed by atoms with E-state index in [-0.39, 0.29) is 34.4 Å². The molecule has 3 aliphatic heterocycles. The topological polar surface area (TPSA) is 194 Å². The first-order valence-electron chi connectivity index (χ1n) is 39.7. The maximum Gasteiger partial charge on any atom is 0.277 e. The molecule has 0 bridgehead atoms. The second-order valence-corrected chi connectivity index (χ2v) is 33.1. The minimum Gasteiger partial charge on any atom is -0.454 e. The minimum atomic E-state index is -0.163. The molecule has 0 atom stereocenters. The molecule has 3 amide bonds. The summed E-state index contributed by atoms with van der Waals surface area (Å²) < 4.78 is 15.2. The van der Waals surface area contributed by atoms with E-state index < -0.39 is 0 Å². The van der Waals surface area contributed by atoms with Gasteiger partial charge in [-0.2, -0.15) is 5.10 Å². The number of nitrogens with zero attached hydrogens (tertiary/aromatic N) is 9. The van der Waals surface area contributed by atoms with Crippen LogP contribution in [0.4, 0.5) is 0 Å². The smallest absolute Gasteiger partial charge is 0.277 e. The lowest BCUT2D eigenvalue weighted by molar-refractivity contribution is -0.124. The predicted molar refractivity (Wildman–Crippen MR) is 465 cm³/mol. The highest BCUT2D eigenvalue weighted by Gasteiger charge is 2.35. The highest BCUT2D eigenvalue weighted by atomic mass is 35.5. The van der Waals surface area contributed by atoms with Gasteiger partial charge >= 0.3 is 0 Å². The fourth-order valence-corrected chi connectivity index (χ4v) is 13.2. The second-order valence-electron chi connectivity index (χ2n) is 32.7. The average Bonchev–Trinajstić information content (AvgIpc) is 1.26. The van der Waals surface area contributed by atoms with E-state index in [0.29, 0.717) is 89.4 Å². The van der Waals surface area contributed by atoms with Crippen LogP contribution in [0.3, 0.4) is 0 Å². The number of ether oxygens (including phenoxy) is 2. The average molecular weight is 1550 g/mol. The molecule has 3 aromatic heterocycles. The highest BCUT2D eigenvalue weighted by Crippen LogP contribution is 2.38. The van der Waals surface area contributed by atoms with Crippen LogP contribution in [-0.4, -0.2) is 81.7 Å². The van der Waals surface area contributed by atoms with Gasteiger partial charge in [0.2, 0.25) is 6.79 Å². The largest absolute Gasteiger partial charge is 0.454 e. The Morgan fingerprint density at radius 1 is 0.478 bits per heavy atom. The lowest BCUT2D eigenvalue weighted by Crippen LogP contribution is -2.33. The van der Waals surface area contributed by atoms with E-state index in [4.69, 9.17) is 21.1 Å². The molecule has 10 aromatic rings. The number of aromatic nitrogens is 7. The summed E-state index contributed by atoms with van der Waals surface area (Å²) in [5, 5.41) is 15.8. The first-order chi connectivity index (χ1) is 53.5. The summed E-state index contributed by atoms with van der Waals surface area (Å²) in [6, 6.07) is 44.3. The number of amides is 3. The minimum absolute atomic E-state index is 0.00167. The van der Waals surface area contributed by atoms with Crippen LogP contribution in [0.5, 0.6) is 11.5 Å². The Bertz CT molecular complexity index is 4810. The monoisotopic (exact) mass is 1550 g/mol. The normalized spacial score (nSPS) is 12.6. The van der Waals surface area contributed by atoms with E-state index in [0.717, 1.165) is 87.4 Å². The number of hydrogen-bond donors (Lipinski definition) is 0. The summed E-state index contributed by atoms with van der Waals surface area (Å²) in [5.74, 6) is 5.47. The van der Waals surface area contributed by atoms with Gasteiger partial charge in [-0.05, 0) is 201 Å². The summed E-state index contributed by atoms with van der Waals surface area (Å²) in [5.41, 5.74) is 15.3. The molecule has 602 valence electrons. The van der Waals surface area contributed by atoms with E-state index in [1.54, 1.807) is 58.4 Å². The number of rotatable bonds is 18. The number of carbonyl (C=O) groups is 3. The number of benzene rings is 7. The van der Waals surface area contributed by atoms with Crippen LogP contribution in [0, 0.1) is 75.0 Å². The van der Waals surface area contributed by atoms with E-state index in [1.165, 1.54) is 66.0 Å². The van der Waals surface area contributed by atoms with Gasteiger partial charge in [-0.1, -0.05) is 231 Å². The maximum atomic E-state index is 12.0. The van der Waals surface area contributed by atoms with Gasteiger partial charge < -0.3 is 14.4 Å². The van der Waals surface area contributed by atoms with Crippen LogP contribution in [0.1, 0.15) is 183 Å². The van der Waals surface area contributed by atoms with Crippen molar-refractivity contribution in [2.24, 2.45) is 47.3 Å². The lowest BCUT2D eigenvalue weighted by atomic mass is 9.92. The molecule has 0 radical (unpaired) electrons. The lowest BCUT2D eigenvalue weighted by Gasteiger charge is -2.19. The molecule has 0 N–H and O–H groups in total. The number of fused-ring (bicyclic) bond motifs is 5. The molecule has 6 heterocycles. The van der Waals surface area contributed by atoms with Crippen molar-refractivity contribution < 1.29 is 23.9 Å². The van der Waals surface area contributed by atoms with E-state index in [2.05, 4.69) is 175 Å². The van der Waals surface area contributed by atoms with E-state index in [9.17, 15) is 28.8 Å². The summed E-state index contributed by atoms with van der Waals surface area (Å²) in [7, 11) is 0. The van der Waals surface area contributed by atoms with Crippen molar-refractivity contribution in [2.45, 2.75) is 191 Å². The Kier molecular flexibility index (Phi) is 35.8.